The minimum absolute atomic E-state index is 0.821. The van der Waals surface area contributed by atoms with E-state index in [1.807, 2.05) is 42.5 Å². The van der Waals surface area contributed by atoms with E-state index in [4.69, 9.17) is 4.74 Å². The van der Waals surface area contributed by atoms with Gasteiger partial charge in [0.1, 0.15) is 11.5 Å². The molecule has 0 aliphatic rings. The van der Waals surface area contributed by atoms with Crippen LogP contribution < -0.4 is 9.64 Å². The van der Waals surface area contributed by atoms with Gasteiger partial charge in [0.2, 0.25) is 0 Å². The van der Waals surface area contributed by atoms with Crippen molar-refractivity contribution in [2.45, 2.75) is 6.42 Å². The van der Waals surface area contributed by atoms with E-state index in [9.17, 15) is 0 Å². The van der Waals surface area contributed by atoms with Crippen molar-refractivity contribution in [1.29, 1.82) is 0 Å². The Morgan fingerprint density at radius 1 is 0.424 bits per heavy atom. The van der Waals surface area contributed by atoms with Gasteiger partial charge in [0.05, 0.1) is 5.69 Å². The maximum absolute atomic E-state index is 6.29. The van der Waals surface area contributed by atoms with Crippen LogP contribution >= 0.6 is 0 Å². The molecule has 0 atom stereocenters. The second-order valence-electron chi connectivity index (χ2n) is 7.92. The Labute approximate surface area is 195 Å². The number of nitrogens with zero attached hydrogens (tertiary/aromatic N) is 1. The van der Waals surface area contributed by atoms with E-state index < -0.39 is 0 Å². The van der Waals surface area contributed by atoms with Gasteiger partial charge in [-0.1, -0.05) is 84.9 Å². The van der Waals surface area contributed by atoms with Crippen LogP contribution in [0.3, 0.4) is 0 Å². The van der Waals surface area contributed by atoms with Crippen LogP contribution in [0.1, 0.15) is 11.1 Å². The van der Waals surface area contributed by atoms with Crippen LogP contribution in [-0.2, 0) is 6.42 Å². The van der Waals surface area contributed by atoms with Crippen LogP contribution in [-0.4, -0.2) is 0 Å². The minimum Gasteiger partial charge on any atom is -0.457 e. The highest BCUT2D eigenvalue weighted by molar-refractivity contribution is 5.77. The molecule has 0 N–H and O–H groups in total. The Bertz CT molecular complexity index is 1190. The van der Waals surface area contributed by atoms with Gasteiger partial charge in [-0.3, -0.25) is 0 Å². The zero-order valence-corrected chi connectivity index (χ0v) is 18.3. The number of benzene rings is 5. The van der Waals surface area contributed by atoms with Gasteiger partial charge in [0.15, 0.2) is 0 Å². The first kappa shape index (κ1) is 20.6. The molecule has 2 heteroatoms. The Kier molecular flexibility index (Phi) is 6.17. The molecule has 0 aliphatic carbocycles. The van der Waals surface area contributed by atoms with E-state index in [-0.39, 0.29) is 0 Å². The van der Waals surface area contributed by atoms with Crippen molar-refractivity contribution in [3.63, 3.8) is 0 Å². The van der Waals surface area contributed by atoms with Crippen molar-refractivity contribution in [2.75, 3.05) is 4.90 Å². The second-order valence-corrected chi connectivity index (χ2v) is 7.92. The van der Waals surface area contributed by atoms with Crippen LogP contribution in [0.15, 0.2) is 140 Å². The Hall–Kier alpha value is -4.30. The van der Waals surface area contributed by atoms with E-state index >= 15 is 0 Å². The summed E-state index contributed by atoms with van der Waals surface area (Å²) in [7, 11) is 0. The van der Waals surface area contributed by atoms with Gasteiger partial charge >= 0.3 is 0 Å². The topological polar surface area (TPSA) is 12.5 Å². The molecule has 0 saturated carbocycles. The quantitative estimate of drug-likeness (QED) is 0.258. The number of anilines is 3. The predicted molar refractivity (Wildman–Crippen MR) is 137 cm³/mol. The summed E-state index contributed by atoms with van der Waals surface area (Å²) in [5.41, 5.74) is 5.73. The SMILES string of the molecule is c1ccc(Cc2cc(Oc3ccccc3)cc(N(c3ccccc3)c3ccccc3)c2)cc1. The van der Waals surface area contributed by atoms with Crippen molar-refractivity contribution in [1.82, 2.24) is 0 Å². The lowest BCUT2D eigenvalue weighted by molar-refractivity contribution is 0.482. The third kappa shape index (κ3) is 5.13. The zero-order valence-electron chi connectivity index (χ0n) is 18.3. The van der Waals surface area contributed by atoms with Gasteiger partial charge < -0.3 is 9.64 Å². The predicted octanol–water partition coefficient (Wildman–Crippen LogP) is 8.54. The van der Waals surface area contributed by atoms with Gasteiger partial charge in [0.25, 0.3) is 0 Å². The summed E-state index contributed by atoms with van der Waals surface area (Å²) in [5.74, 6) is 1.65. The molecular weight excluding hydrogens is 402 g/mol. The molecule has 0 amide bonds. The normalized spacial score (nSPS) is 10.5. The lowest BCUT2D eigenvalue weighted by atomic mass is 10.0. The van der Waals surface area contributed by atoms with E-state index in [1.165, 1.54) is 11.1 Å². The maximum atomic E-state index is 6.29. The minimum atomic E-state index is 0.821. The van der Waals surface area contributed by atoms with Crippen LogP contribution in [0.25, 0.3) is 0 Å². The highest BCUT2D eigenvalue weighted by atomic mass is 16.5. The van der Waals surface area contributed by atoms with Crippen molar-refractivity contribution in [2.24, 2.45) is 0 Å². The molecule has 0 bridgehead atoms. The molecule has 0 saturated heterocycles. The number of hydrogen-bond donors (Lipinski definition) is 0. The fourth-order valence-electron chi connectivity index (χ4n) is 3.99. The molecule has 0 aliphatic heterocycles. The standard InChI is InChI=1S/C31H25NO/c1-5-13-25(14-6-1)21-26-22-29(24-31(23-26)33-30-19-11-4-12-20-30)32(27-15-7-2-8-16-27)28-17-9-3-10-18-28/h1-20,22-24H,21H2. The first-order valence-corrected chi connectivity index (χ1v) is 11.2. The summed E-state index contributed by atoms with van der Waals surface area (Å²) in [6.07, 6.45) is 0.831. The molecule has 0 heterocycles. The van der Waals surface area contributed by atoms with Gasteiger partial charge in [0, 0.05) is 17.4 Å². The van der Waals surface area contributed by atoms with Crippen LogP contribution in [0, 0.1) is 0 Å². The third-order valence-electron chi connectivity index (χ3n) is 5.47. The van der Waals surface area contributed by atoms with Crippen molar-refractivity contribution in [3.05, 3.63) is 151 Å². The molecule has 5 rings (SSSR count). The van der Waals surface area contributed by atoms with Crippen molar-refractivity contribution >= 4 is 17.1 Å². The smallest absolute Gasteiger partial charge is 0.129 e. The molecule has 0 aromatic heterocycles. The average molecular weight is 428 g/mol. The van der Waals surface area contributed by atoms with Gasteiger partial charge in [-0.05, 0) is 66.1 Å². The second kappa shape index (κ2) is 9.88. The molecule has 0 fully saturated rings. The lowest BCUT2D eigenvalue weighted by Crippen LogP contribution is -2.10. The number of hydrogen-bond acceptors (Lipinski definition) is 2. The monoisotopic (exact) mass is 427 g/mol. The summed E-state index contributed by atoms with van der Waals surface area (Å²) in [6.45, 7) is 0. The summed E-state index contributed by atoms with van der Waals surface area (Å²) in [6, 6.07) is 47.9. The largest absolute Gasteiger partial charge is 0.457 e. The van der Waals surface area contributed by atoms with Gasteiger partial charge in [-0.25, -0.2) is 0 Å². The number of ether oxygens (including phenoxy) is 1. The molecule has 33 heavy (non-hydrogen) atoms. The fraction of sp³-hybridized carbons (Fsp3) is 0.0323. The molecule has 5 aromatic rings. The highest BCUT2D eigenvalue weighted by Crippen LogP contribution is 2.38. The van der Waals surface area contributed by atoms with E-state index in [2.05, 4.69) is 102 Å². The zero-order chi connectivity index (χ0) is 22.3. The van der Waals surface area contributed by atoms with Crippen molar-refractivity contribution < 1.29 is 4.74 Å². The maximum Gasteiger partial charge on any atom is 0.129 e. The third-order valence-corrected chi connectivity index (χ3v) is 5.47. The molecule has 160 valence electrons. The first-order chi connectivity index (χ1) is 16.3. The molecule has 0 spiro atoms. The van der Waals surface area contributed by atoms with Gasteiger partial charge in [-0.2, -0.15) is 0 Å². The molecule has 0 radical (unpaired) electrons. The van der Waals surface area contributed by atoms with Crippen LogP contribution in [0.4, 0.5) is 17.1 Å². The first-order valence-electron chi connectivity index (χ1n) is 11.2. The van der Waals surface area contributed by atoms with Crippen LogP contribution in [0.5, 0.6) is 11.5 Å². The molecule has 5 aromatic carbocycles. The number of para-hydroxylation sites is 3. The van der Waals surface area contributed by atoms with Gasteiger partial charge in [-0.15, -0.1) is 0 Å². The van der Waals surface area contributed by atoms with Crippen LogP contribution in [0.2, 0.25) is 0 Å². The fourth-order valence-corrected chi connectivity index (χ4v) is 3.99. The lowest BCUT2D eigenvalue weighted by Gasteiger charge is -2.26. The Balaban J connectivity index is 1.62. The Morgan fingerprint density at radius 3 is 1.52 bits per heavy atom. The van der Waals surface area contributed by atoms with E-state index in [0.717, 1.165) is 35.0 Å². The highest BCUT2D eigenvalue weighted by Gasteiger charge is 2.15. The molecule has 2 nitrogen and oxygen atoms in total. The van der Waals surface area contributed by atoms with E-state index in [0.29, 0.717) is 0 Å². The summed E-state index contributed by atoms with van der Waals surface area (Å²) in [4.78, 5) is 2.27. The summed E-state index contributed by atoms with van der Waals surface area (Å²) < 4.78 is 6.29. The number of rotatable bonds is 7. The van der Waals surface area contributed by atoms with Crippen molar-refractivity contribution in [3.8, 4) is 11.5 Å². The van der Waals surface area contributed by atoms with E-state index in [1.54, 1.807) is 0 Å². The molecular formula is C31H25NO. The Morgan fingerprint density at radius 2 is 0.939 bits per heavy atom. The summed E-state index contributed by atoms with van der Waals surface area (Å²) >= 11 is 0. The average Bonchev–Trinajstić information content (AvgIpc) is 2.87. The molecule has 0 unspecified atom stereocenters. The summed E-state index contributed by atoms with van der Waals surface area (Å²) in [5, 5.41) is 0.